The zero-order valence-electron chi connectivity index (χ0n) is 20.6. The number of aromatic hydroxyl groups is 2. The summed E-state index contributed by atoms with van der Waals surface area (Å²) in [7, 11) is 0. The number of halogens is 6. The van der Waals surface area contributed by atoms with Gasteiger partial charge in [0.05, 0.1) is 12.1 Å². The van der Waals surface area contributed by atoms with Gasteiger partial charge in [0, 0.05) is 5.56 Å². The van der Waals surface area contributed by atoms with Crippen LogP contribution in [0, 0.1) is 0 Å². The fourth-order valence-electron chi connectivity index (χ4n) is 3.26. The predicted octanol–water partition coefficient (Wildman–Crippen LogP) is 5.72. The Morgan fingerprint density at radius 1 is 0.842 bits per heavy atom. The molecule has 0 spiro atoms. The van der Waals surface area contributed by atoms with Crippen LogP contribution in [0.1, 0.15) is 48.2 Å². The standard InChI is InChI=1S/2C13H14F3NO2/c1-3-5-10-9(6-4-7-11(10)18)8(2)17-12(19)13(14,15)16;1-3-4-9-5-6-10(7-11(9)18)8(2)17-12(19)13(14,15)16/h3-4,6-8,18H,1,5H2,2H3,(H,17,19);3,5-8,18H,1,4H2,2H3,(H,17,19)/t2*8-/m11/s1. The number of phenolic OH excluding ortho intramolecular Hbond substituents is 2. The maximum absolute atomic E-state index is 12.2. The van der Waals surface area contributed by atoms with Gasteiger partial charge in [0.15, 0.2) is 0 Å². The number of hydrogen-bond acceptors (Lipinski definition) is 4. The van der Waals surface area contributed by atoms with Crippen molar-refractivity contribution in [2.45, 2.75) is 51.1 Å². The molecule has 0 heterocycles. The lowest BCUT2D eigenvalue weighted by Gasteiger charge is -2.19. The Bertz CT molecular complexity index is 1150. The van der Waals surface area contributed by atoms with Gasteiger partial charge in [-0.05, 0) is 55.5 Å². The molecular weight excluding hydrogens is 518 g/mol. The summed E-state index contributed by atoms with van der Waals surface area (Å²) in [4.78, 5) is 21.7. The Labute approximate surface area is 215 Å². The fraction of sp³-hybridized carbons (Fsp3) is 0.308. The number of carbonyl (C=O) groups is 2. The van der Waals surface area contributed by atoms with E-state index in [-0.39, 0.29) is 11.5 Å². The van der Waals surface area contributed by atoms with Crippen molar-refractivity contribution >= 4 is 11.8 Å². The monoisotopic (exact) mass is 546 g/mol. The summed E-state index contributed by atoms with van der Waals surface area (Å²) >= 11 is 0. The molecule has 0 unspecified atom stereocenters. The third-order valence-corrected chi connectivity index (χ3v) is 5.19. The molecule has 12 heteroatoms. The van der Waals surface area contributed by atoms with Gasteiger partial charge in [0.1, 0.15) is 11.5 Å². The molecule has 2 aromatic rings. The minimum absolute atomic E-state index is 0.0366. The molecule has 38 heavy (non-hydrogen) atoms. The maximum atomic E-state index is 12.2. The topological polar surface area (TPSA) is 98.7 Å². The third kappa shape index (κ3) is 9.49. The summed E-state index contributed by atoms with van der Waals surface area (Å²) in [5.74, 6) is -4.08. The van der Waals surface area contributed by atoms with E-state index in [0.29, 0.717) is 35.1 Å². The third-order valence-electron chi connectivity index (χ3n) is 5.19. The van der Waals surface area contributed by atoms with Crippen LogP contribution in [0.15, 0.2) is 61.7 Å². The number of benzene rings is 2. The normalized spacial score (nSPS) is 12.8. The number of hydrogen-bond donors (Lipinski definition) is 4. The van der Waals surface area contributed by atoms with Crippen LogP contribution < -0.4 is 10.6 Å². The van der Waals surface area contributed by atoms with Crippen LogP contribution in [-0.4, -0.2) is 34.4 Å². The van der Waals surface area contributed by atoms with Gasteiger partial charge in [0.25, 0.3) is 0 Å². The summed E-state index contributed by atoms with van der Waals surface area (Å²) in [6.07, 6.45) is -5.97. The molecule has 0 aliphatic rings. The lowest BCUT2D eigenvalue weighted by atomic mass is 9.98. The summed E-state index contributed by atoms with van der Waals surface area (Å²) in [6.45, 7) is 9.88. The van der Waals surface area contributed by atoms with E-state index in [1.165, 1.54) is 38.1 Å². The van der Waals surface area contributed by atoms with Crippen LogP contribution in [0.25, 0.3) is 0 Å². The SMILES string of the molecule is C=CCc1c(O)cccc1[C@@H](C)NC(=O)C(F)(F)F.C=CCc1ccc([C@@H](C)NC(=O)C(F)(F)F)cc1O. The van der Waals surface area contributed by atoms with Gasteiger partial charge in [-0.3, -0.25) is 9.59 Å². The largest absolute Gasteiger partial charge is 0.508 e. The number of carbonyl (C=O) groups excluding carboxylic acids is 2. The lowest BCUT2D eigenvalue weighted by molar-refractivity contribution is -0.174. The van der Waals surface area contributed by atoms with Crippen LogP contribution in [0.5, 0.6) is 11.5 Å². The van der Waals surface area contributed by atoms with Crippen molar-refractivity contribution in [3.05, 3.63) is 84.0 Å². The van der Waals surface area contributed by atoms with Crippen molar-refractivity contribution in [1.82, 2.24) is 10.6 Å². The molecule has 2 amide bonds. The first-order chi connectivity index (χ1) is 17.5. The van der Waals surface area contributed by atoms with Crippen LogP contribution in [-0.2, 0) is 22.4 Å². The molecule has 0 aromatic heterocycles. The zero-order chi connectivity index (χ0) is 29.3. The van der Waals surface area contributed by atoms with E-state index in [4.69, 9.17) is 0 Å². The average Bonchev–Trinajstić information content (AvgIpc) is 2.81. The second kappa shape index (κ2) is 13.5. The van der Waals surface area contributed by atoms with Crippen LogP contribution in [0.2, 0.25) is 0 Å². The highest BCUT2D eigenvalue weighted by Crippen LogP contribution is 2.28. The van der Waals surface area contributed by atoms with E-state index in [1.807, 2.05) is 10.6 Å². The smallest absolute Gasteiger partial charge is 0.471 e. The first-order valence-electron chi connectivity index (χ1n) is 11.1. The molecule has 0 radical (unpaired) electrons. The van der Waals surface area contributed by atoms with Crippen molar-refractivity contribution in [3.8, 4) is 11.5 Å². The molecule has 4 N–H and O–H groups in total. The van der Waals surface area contributed by atoms with E-state index in [9.17, 15) is 46.1 Å². The van der Waals surface area contributed by atoms with Crippen molar-refractivity contribution in [2.24, 2.45) is 0 Å². The van der Waals surface area contributed by atoms with Gasteiger partial charge in [-0.1, -0.05) is 36.4 Å². The van der Waals surface area contributed by atoms with Gasteiger partial charge in [0.2, 0.25) is 0 Å². The summed E-state index contributed by atoms with van der Waals surface area (Å²) in [5.41, 5.74) is 1.89. The fourth-order valence-corrected chi connectivity index (χ4v) is 3.26. The molecule has 0 aliphatic heterocycles. The first-order valence-corrected chi connectivity index (χ1v) is 11.1. The van der Waals surface area contributed by atoms with Gasteiger partial charge in [-0.2, -0.15) is 26.3 Å². The Balaban J connectivity index is 0.000000380. The van der Waals surface area contributed by atoms with Gasteiger partial charge < -0.3 is 20.8 Å². The number of amides is 2. The molecule has 0 saturated heterocycles. The summed E-state index contributed by atoms with van der Waals surface area (Å²) in [5, 5.41) is 23.0. The molecule has 208 valence electrons. The predicted molar refractivity (Wildman–Crippen MR) is 129 cm³/mol. The Hall–Kier alpha value is -3.96. The second-order valence-corrected chi connectivity index (χ2v) is 8.10. The Kier molecular flexibility index (Phi) is 11.4. The Morgan fingerprint density at radius 3 is 1.84 bits per heavy atom. The summed E-state index contributed by atoms with van der Waals surface area (Å²) in [6, 6.07) is 7.25. The van der Waals surface area contributed by atoms with Gasteiger partial charge in [-0.25, -0.2) is 0 Å². The van der Waals surface area contributed by atoms with Crippen LogP contribution in [0.4, 0.5) is 26.3 Å². The van der Waals surface area contributed by atoms with Crippen molar-refractivity contribution < 1.29 is 46.1 Å². The highest BCUT2D eigenvalue weighted by molar-refractivity contribution is 5.82. The van der Waals surface area contributed by atoms with Crippen LogP contribution >= 0.6 is 0 Å². The second-order valence-electron chi connectivity index (χ2n) is 8.10. The number of allylic oxidation sites excluding steroid dienone is 2. The molecule has 0 aliphatic carbocycles. The summed E-state index contributed by atoms with van der Waals surface area (Å²) < 4.78 is 72.8. The van der Waals surface area contributed by atoms with E-state index in [0.717, 1.165) is 0 Å². The number of alkyl halides is 6. The minimum Gasteiger partial charge on any atom is -0.508 e. The molecular formula is C26H28F6N2O4. The number of phenols is 2. The molecule has 0 fully saturated rings. The molecule has 0 bridgehead atoms. The Morgan fingerprint density at radius 2 is 1.37 bits per heavy atom. The van der Waals surface area contributed by atoms with Crippen molar-refractivity contribution in [3.63, 3.8) is 0 Å². The molecule has 2 rings (SSSR count). The number of nitrogens with one attached hydrogen (secondary N) is 2. The van der Waals surface area contributed by atoms with Crippen molar-refractivity contribution in [1.29, 1.82) is 0 Å². The van der Waals surface area contributed by atoms with E-state index >= 15 is 0 Å². The molecule has 2 atom stereocenters. The quantitative estimate of drug-likeness (QED) is 0.252. The highest BCUT2D eigenvalue weighted by Gasteiger charge is 2.40. The van der Waals surface area contributed by atoms with E-state index in [2.05, 4.69) is 13.2 Å². The van der Waals surface area contributed by atoms with Gasteiger partial charge >= 0.3 is 24.2 Å². The highest BCUT2D eigenvalue weighted by atomic mass is 19.4. The average molecular weight is 547 g/mol. The zero-order valence-corrected chi connectivity index (χ0v) is 20.6. The van der Waals surface area contributed by atoms with E-state index in [1.54, 1.807) is 24.3 Å². The van der Waals surface area contributed by atoms with E-state index < -0.39 is 36.3 Å². The van der Waals surface area contributed by atoms with Crippen LogP contribution in [0.3, 0.4) is 0 Å². The van der Waals surface area contributed by atoms with Gasteiger partial charge in [-0.15, -0.1) is 13.2 Å². The molecule has 2 aromatic carbocycles. The number of rotatable bonds is 8. The molecule has 0 saturated carbocycles. The minimum atomic E-state index is -4.93. The molecule has 6 nitrogen and oxygen atoms in total. The first kappa shape index (κ1) is 32.1. The van der Waals surface area contributed by atoms with Crippen molar-refractivity contribution in [2.75, 3.05) is 0 Å². The maximum Gasteiger partial charge on any atom is 0.471 e. The lowest BCUT2D eigenvalue weighted by Crippen LogP contribution is -2.38.